The van der Waals surface area contributed by atoms with Gasteiger partial charge in [-0.25, -0.2) is 4.57 Å². The summed E-state index contributed by atoms with van der Waals surface area (Å²) < 4.78 is 33.1. The number of ether oxygens (including phenoxy) is 2. The molecule has 0 amide bonds. The van der Waals surface area contributed by atoms with Crippen LogP contribution in [0.3, 0.4) is 0 Å². The van der Waals surface area contributed by atoms with Crippen LogP contribution in [-0.2, 0) is 32.7 Å². The quantitative estimate of drug-likeness (QED) is 0.0264. The minimum Gasteiger partial charge on any atom is -0.462 e. The number of hydrogen-bond acceptors (Lipinski definition) is 8. The second-order valence-electron chi connectivity index (χ2n) is 24.1. The van der Waals surface area contributed by atoms with Crippen LogP contribution in [-0.4, -0.2) is 49.3 Å². The smallest absolute Gasteiger partial charge is 0.462 e. The predicted molar refractivity (Wildman–Crippen MR) is 349 cm³/mol. The van der Waals surface area contributed by atoms with Gasteiger partial charge in [0.1, 0.15) is 6.61 Å². The number of phosphoric ester groups is 1. The average Bonchev–Trinajstić information content (AvgIpc) is 3.46. The molecular weight excluding hydrogens is 1030 g/mol. The third-order valence-corrected chi connectivity index (χ3v) is 17.0. The van der Waals surface area contributed by atoms with Gasteiger partial charge in [0, 0.05) is 19.4 Å². The van der Waals surface area contributed by atoms with E-state index in [2.05, 4.69) is 50.3 Å². The fourth-order valence-electron chi connectivity index (χ4n) is 10.8. The van der Waals surface area contributed by atoms with E-state index in [0.717, 1.165) is 70.6 Å². The fraction of sp³-hybridized carbons (Fsp3) is 0.887. The molecule has 9 nitrogen and oxygen atoms in total. The van der Waals surface area contributed by atoms with E-state index in [1.165, 1.54) is 270 Å². The summed E-state index contributed by atoms with van der Waals surface area (Å²) in [6, 6.07) is 0. The molecule has 0 saturated heterocycles. The van der Waals surface area contributed by atoms with Crippen LogP contribution in [0.4, 0.5) is 0 Å². The third-order valence-electron chi connectivity index (χ3n) is 16.0. The molecule has 0 spiro atoms. The van der Waals surface area contributed by atoms with Gasteiger partial charge in [-0.2, -0.15) is 0 Å². The minimum atomic E-state index is -4.39. The molecule has 0 radical (unpaired) electrons. The molecular formula is C71H136NO8P. The molecule has 0 aromatic rings. The third kappa shape index (κ3) is 67.2. The molecule has 0 bridgehead atoms. The molecule has 2 atom stereocenters. The number of carbonyl (C=O) groups is 2. The first-order valence-electron chi connectivity index (χ1n) is 35.5. The highest BCUT2D eigenvalue weighted by molar-refractivity contribution is 7.47. The number of allylic oxidation sites excluding steroid dienone is 6. The van der Waals surface area contributed by atoms with Gasteiger partial charge in [-0.05, 0) is 51.4 Å². The standard InChI is InChI=1S/C71H136NO8P/c1-3-5-7-9-11-13-15-17-19-21-23-25-26-27-28-29-30-31-32-33-34-35-36-37-38-39-40-41-42-44-45-47-49-51-53-55-57-59-61-63-70(73)77-67-69(68-79-81(75,76)78-66-65-72)80-71(74)64-62-60-58-56-54-52-50-48-46-43-24-22-20-18-16-14-12-10-8-6-4-2/h16,18,22,24,46,48,69H,3-15,17,19-21,23,25-45,47,49-68,72H2,1-2H3,(H,75,76)/b18-16-,24-22-,48-46-. The molecule has 0 saturated carbocycles. The van der Waals surface area contributed by atoms with Crippen LogP contribution >= 0.6 is 7.82 Å². The van der Waals surface area contributed by atoms with Gasteiger partial charge >= 0.3 is 19.8 Å². The normalized spacial score (nSPS) is 13.1. The maximum atomic E-state index is 12.7. The summed E-state index contributed by atoms with van der Waals surface area (Å²) in [5.41, 5.74) is 5.39. The van der Waals surface area contributed by atoms with Crippen LogP contribution in [0.1, 0.15) is 373 Å². The summed E-state index contributed by atoms with van der Waals surface area (Å²) in [6.45, 7) is 3.78. The highest BCUT2D eigenvalue weighted by Crippen LogP contribution is 2.43. The first kappa shape index (κ1) is 79.2. The fourth-order valence-corrected chi connectivity index (χ4v) is 11.5. The Bertz CT molecular complexity index is 1420. The van der Waals surface area contributed by atoms with E-state index >= 15 is 0 Å². The number of hydrogen-bond donors (Lipinski definition) is 2. The molecule has 0 rings (SSSR count). The Labute approximate surface area is 503 Å². The van der Waals surface area contributed by atoms with Crippen molar-refractivity contribution in [2.24, 2.45) is 5.73 Å². The molecule has 0 aliphatic rings. The second-order valence-corrected chi connectivity index (χ2v) is 25.6. The van der Waals surface area contributed by atoms with E-state index in [4.69, 9.17) is 24.3 Å². The van der Waals surface area contributed by atoms with E-state index in [1.54, 1.807) is 0 Å². The van der Waals surface area contributed by atoms with Gasteiger partial charge in [0.05, 0.1) is 13.2 Å². The summed E-state index contributed by atoms with van der Waals surface area (Å²) in [4.78, 5) is 35.3. The molecule has 478 valence electrons. The van der Waals surface area contributed by atoms with Crippen molar-refractivity contribution in [2.75, 3.05) is 26.4 Å². The Morgan fingerprint density at radius 3 is 0.951 bits per heavy atom. The van der Waals surface area contributed by atoms with Gasteiger partial charge in [0.2, 0.25) is 0 Å². The minimum absolute atomic E-state index is 0.0520. The number of carbonyl (C=O) groups excluding carboxylic acids is 2. The van der Waals surface area contributed by atoms with Crippen molar-refractivity contribution < 1.29 is 37.6 Å². The average molecular weight is 1160 g/mol. The van der Waals surface area contributed by atoms with Crippen molar-refractivity contribution in [3.05, 3.63) is 36.5 Å². The topological polar surface area (TPSA) is 134 Å². The second kappa shape index (κ2) is 67.4. The van der Waals surface area contributed by atoms with Crippen molar-refractivity contribution in [3.63, 3.8) is 0 Å². The van der Waals surface area contributed by atoms with Gasteiger partial charge in [-0.15, -0.1) is 0 Å². The van der Waals surface area contributed by atoms with Crippen molar-refractivity contribution in [1.29, 1.82) is 0 Å². The summed E-state index contributed by atoms with van der Waals surface area (Å²) in [6.07, 6.45) is 84.1. The van der Waals surface area contributed by atoms with Crippen molar-refractivity contribution in [1.82, 2.24) is 0 Å². The van der Waals surface area contributed by atoms with E-state index in [1.807, 2.05) is 0 Å². The number of unbranched alkanes of at least 4 members (excludes halogenated alkanes) is 49. The Balaban J connectivity index is 3.76. The number of esters is 2. The molecule has 0 aliphatic carbocycles. The van der Waals surface area contributed by atoms with Crippen LogP contribution in [0.25, 0.3) is 0 Å². The first-order chi connectivity index (χ1) is 39.8. The highest BCUT2D eigenvalue weighted by Gasteiger charge is 2.26. The molecule has 0 aromatic carbocycles. The van der Waals surface area contributed by atoms with Crippen molar-refractivity contribution in [2.45, 2.75) is 380 Å². The van der Waals surface area contributed by atoms with Gasteiger partial charge in [-0.3, -0.25) is 18.6 Å². The maximum absolute atomic E-state index is 12.7. The first-order valence-corrected chi connectivity index (χ1v) is 37.0. The maximum Gasteiger partial charge on any atom is 0.472 e. The molecule has 10 heteroatoms. The lowest BCUT2D eigenvalue weighted by atomic mass is 10.0. The zero-order valence-corrected chi connectivity index (χ0v) is 54.7. The molecule has 3 N–H and O–H groups in total. The molecule has 0 aliphatic heterocycles. The lowest BCUT2D eigenvalue weighted by Gasteiger charge is -2.19. The zero-order valence-electron chi connectivity index (χ0n) is 53.8. The number of rotatable bonds is 68. The monoisotopic (exact) mass is 1160 g/mol. The largest absolute Gasteiger partial charge is 0.472 e. The SMILES string of the molecule is CCCCCCC/C=C\C/C=C\C/C=C\CCCCCCCCC(=O)OC(COC(=O)CCCCCCCCCCCCCCCCCCCCCCCCCCCCCCCCCCCCCCCCC)COP(=O)(O)OCCN. The Hall–Kier alpha value is -1.77. The predicted octanol–water partition coefficient (Wildman–Crippen LogP) is 23.1. The van der Waals surface area contributed by atoms with E-state index < -0.39 is 26.5 Å². The molecule has 2 unspecified atom stereocenters. The summed E-state index contributed by atoms with van der Waals surface area (Å²) in [5.74, 6) is -0.825. The van der Waals surface area contributed by atoms with E-state index in [9.17, 15) is 19.0 Å². The van der Waals surface area contributed by atoms with Crippen LogP contribution in [0, 0.1) is 0 Å². The van der Waals surface area contributed by atoms with Crippen LogP contribution < -0.4 is 5.73 Å². The Morgan fingerprint density at radius 1 is 0.370 bits per heavy atom. The zero-order chi connectivity index (χ0) is 58.7. The molecule has 0 heterocycles. The van der Waals surface area contributed by atoms with Crippen LogP contribution in [0.5, 0.6) is 0 Å². The molecule has 0 fully saturated rings. The van der Waals surface area contributed by atoms with Crippen molar-refractivity contribution >= 4 is 19.8 Å². The Kier molecular flexibility index (Phi) is 65.9. The van der Waals surface area contributed by atoms with Crippen LogP contribution in [0.2, 0.25) is 0 Å². The lowest BCUT2D eigenvalue weighted by molar-refractivity contribution is -0.161. The van der Waals surface area contributed by atoms with E-state index in [0.29, 0.717) is 6.42 Å². The van der Waals surface area contributed by atoms with Gasteiger partial charge in [0.15, 0.2) is 6.10 Å². The van der Waals surface area contributed by atoms with E-state index in [-0.39, 0.29) is 38.6 Å². The molecule has 81 heavy (non-hydrogen) atoms. The van der Waals surface area contributed by atoms with Gasteiger partial charge in [-0.1, -0.05) is 346 Å². The summed E-state index contributed by atoms with van der Waals surface area (Å²) in [5, 5.41) is 0. The number of phosphoric acid groups is 1. The Morgan fingerprint density at radius 2 is 0.642 bits per heavy atom. The van der Waals surface area contributed by atoms with Crippen molar-refractivity contribution in [3.8, 4) is 0 Å². The van der Waals surface area contributed by atoms with Gasteiger partial charge in [0.25, 0.3) is 0 Å². The highest BCUT2D eigenvalue weighted by atomic mass is 31.2. The number of nitrogens with two attached hydrogens (primary N) is 1. The van der Waals surface area contributed by atoms with Gasteiger partial charge < -0.3 is 20.1 Å². The summed E-state index contributed by atoms with van der Waals surface area (Å²) in [7, 11) is -4.39. The van der Waals surface area contributed by atoms with Crippen LogP contribution in [0.15, 0.2) is 36.5 Å². The lowest BCUT2D eigenvalue weighted by Crippen LogP contribution is -2.29. The molecule has 0 aromatic heterocycles. The summed E-state index contributed by atoms with van der Waals surface area (Å²) >= 11 is 0.